The Labute approximate surface area is 252 Å². The Morgan fingerprint density at radius 1 is 0.341 bits per heavy atom. The van der Waals surface area contributed by atoms with Crippen molar-refractivity contribution in [2.75, 3.05) is 0 Å². The minimum Gasteiger partial charge on any atom is -0.166 e. The number of hydrogen-bond donors (Lipinski definition) is 0. The Hall–Kier alpha value is -5.41. The molecule has 8 rings (SSSR count). The molecule has 0 fully saturated rings. The number of halogens is 3. The molecule has 0 atom stereocenters. The van der Waals surface area contributed by atoms with Gasteiger partial charge in [-0.2, -0.15) is 13.2 Å². The molecule has 0 bridgehead atoms. The molecular weight excluding hydrogens is 549 g/mol. The monoisotopic (exact) mass is 574 g/mol. The summed E-state index contributed by atoms with van der Waals surface area (Å²) in [6, 6.07) is 49.3. The first-order valence-corrected chi connectivity index (χ1v) is 14.6. The molecule has 8 aromatic carbocycles. The summed E-state index contributed by atoms with van der Waals surface area (Å²) in [5.74, 6) is 0. The summed E-state index contributed by atoms with van der Waals surface area (Å²) in [6.07, 6.45) is -4.46. The van der Waals surface area contributed by atoms with Crippen LogP contribution in [0.2, 0.25) is 0 Å². The summed E-state index contributed by atoms with van der Waals surface area (Å²) in [4.78, 5) is 0. The predicted octanol–water partition coefficient (Wildman–Crippen LogP) is 12.3. The first kappa shape index (κ1) is 26.2. The van der Waals surface area contributed by atoms with Gasteiger partial charge in [-0.15, -0.1) is 0 Å². The van der Waals surface area contributed by atoms with Crippen LogP contribution in [0.15, 0.2) is 152 Å². The van der Waals surface area contributed by atoms with Crippen LogP contribution in [0.25, 0.3) is 76.5 Å². The van der Waals surface area contributed by atoms with Gasteiger partial charge in [-0.05, 0) is 88.6 Å². The highest BCUT2D eigenvalue weighted by molar-refractivity contribution is 6.23. The Balaban J connectivity index is 1.43. The van der Waals surface area contributed by atoms with Gasteiger partial charge in [0.1, 0.15) is 0 Å². The molecule has 44 heavy (non-hydrogen) atoms. The molecule has 0 amide bonds. The van der Waals surface area contributed by atoms with Gasteiger partial charge in [-0.25, -0.2) is 0 Å². The Bertz CT molecular complexity index is 2350. The number of fused-ring (bicyclic) bond motifs is 4. The van der Waals surface area contributed by atoms with Crippen LogP contribution in [0.1, 0.15) is 5.56 Å². The van der Waals surface area contributed by atoms with Gasteiger partial charge in [-0.1, -0.05) is 140 Å². The second-order valence-electron chi connectivity index (χ2n) is 11.2. The van der Waals surface area contributed by atoms with Crippen LogP contribution in [-0.4, -0.2) is 0 Å². The van der Waals surface area contributed by atoms with Crippen molar-refractivity contribution in [3.05, 3.63) is 157 Å². The lowest BCUT2D eigenvalue weighted by atomic mass is 9.84. The topological polar surface area (TPSA) is 0 Å². The molecule has 0 aromatic heterocycles. The van der Waals surface area contributed by atoms with Crippen LogP contribution in [-0.2, 0) is 6.18 Å². The molecule has 8 aromatic rings. The molecule has 0 heterocycles. The fourth-order valence-electron chi connectivity index (χ4n) is 6.69. The lowest BCUT2D eigenvalue weighted by Gasteiger charge is -2.20. The maximum atomic E-state index is 14.2. The second kappa shape index (κ2) is 10.1. The fourth-order valence-corrected chi connectivity index (χ4v) is 6.69. The van der Waals surface area contributed by atoms with Crippen molar-refractivity contribution in [1.29, 1.82) is 0 Å². The molecule has 0 aliphatic rings. The lowest BCUT2D eigenvalue weighted by Crippen LogP contribution is -2.05. The van der Waals surface area contributed by atoms with Crippen LogP contribution in [0.5, 0.6) is 0 Å². The zero-order valence-corrected chi connectivity index (χ0v) is 23.6. The quantitative estimate of drug-likeness (QED) is 0.184. The van der Waals surface area contributed by atoms with Gasteiger partial charge >= 0.3 is 6.18 Å². The number of alkyl halides is 3. The molecule has 0 saturated heterocycles. The molecule has 0 saturated carbocycles. The van der Waals surface area contributed by atoms with E-state index in [1.165, 1.54) is 22.9 Å². The Kier molecular flexibility index (Phi) is 6.02. The van der Waals surface area contributed by atoms with E-state index in [0.717, 1.165) is 60.3 Å². The van der Waals surface area contributed by atoms with E-state index in [9.17, 15) is 13.2 Å². The molecular formula is C41H25F3. The van der Waals surface area contributed by atoms with E-state index in [2.05, 4.69) is 60.7 Å². The molecule has 0 spiro atoms. The van der Waals surface area contributed by atoms with E-state index in [1.807, 2.05) is 72.8 Å². The lowest BCUT2D eigenvalue weighted by molar-refractivity contribution is -0.137. The highest BCUT2D eigenvalue weighted by atomic mass is 19.4. The summed E-state index contributed by atoms with van der Waals surface area (Å²) >= 11 is 0. The molecule has 0 nitrogen and oxygen atoms in total. The third-order valence-electron chi connectivity index (χ3n) is 8.68. The van der Waals surface area contributed by atoms with Crippen LogP contribution in [0.3, 0.4) is 0 Å². The fraction of sp³-hybridized carbons (Fsp3) is 0.0244. The summed E-state index contributed by atoms with van der Waals surface area (Å²) < 4.78 is 42.5. The third-order valence-corrected chi connectivity index (χ3v) is 8.68. The Morgan fingerprint density at radius 3 is 1.45 bits per heavy atom. The molecule has 0 aliphatic carbocycles. The van der Waals surface area contributed by atoms with Crippen molar-refractivity contribution in [2.45, 2.75) is 6.18 Å². The minimum absolute atomic E-state index is 0.586. The molecule has 0 N–H and O–H groups in total. The number of hydrogen-bond acceptors (Lipinski definition) is 0. The van der Waals surface area contributed by atoms with Gasteiger partial charge in [0.15, 0.2) is 0 Å². The van der Waals surface area contributed by atoms with Crippen LogP contribution in [0.4, 0.5) is 13.2 Å². The number of benzene rings is 8. The van der Waals surface area contributed by atoms with Crippen molar-refractivity contribution < 1.29 is 13.2 Å². The summed E-state index contributed by atoms with van der Waals surface area (Å²) in [5, 5.41) is 7.70. The van der Waals surface area contributed by atoms with E-state index in [4.69, 9.17) is 0 Å². The van der Waals surface area contributed by atoms with E-state index < -0.39 is 11.7 Å². The maximum absolute atomic E-state index is 14.2. The highest BCUT2D eigenvalue weighted by Gasteiger charge is 2.31. The summed E-state index contributed by atoms with van der Waals surface area (Å²) in [7, 11) is 0. The van der Waals surface area contributed by atoms with E-state index >= 15 is 0 Å². The van der Waals surface area contributed by atoms with Gasteiger partial charge < -0.3 is 0 Å². The highest BCUT2D eigenvalue weighted by Crippen LogP contribution is 2.47. The van der Waals surface area contributed by atoms with Crippen LogP contribution in [0, 0.1) is 0 Å². The second-order valence-corrected chi connectivity index (χ2v) is 11.2. The van der Waals surface area contributed by atoms with Crippen molar-refractivity contribution in [3.8, 4) is 33.4 Å². The first-order valence-electron chi connectivity index (χ1n) is 14.6. The molecule has 0 aliphatic heterocycles. The zero-order valence-electron chi connectivity index (χ0n) is 23.6. The van der Waals surface area contributed by atoms with Crippen molar-refractivity contribution >= 4 is 43.1 Å². The van der Waals surface area contributed by atoms with Gasteiger partial charge in [-0.3, -0.25) is 0 Å². The van der Waals surface area contributed by atoms with E-state index in [-0.39, 0.29) is 0 Å². The number of rotatable bonds is 3. The van der Waals surface area contributed by atoms with Gasteiger partial charge in [0.05, 0.1) is 5.56 Å². The first-order chi connectivity index (χ1) is 21.5. The minimum atomic E-state index is -4.46. The average molecular weight is 575 g/mol. The summed E-state index contributed by atoms with van der Waals surface area (Å²) in [6.45, 7) is 0. The van der Waals surface area contributed by atoms with Crippen LogP contribution < -0.4 is 0 Å². The molecule has 210 valence electrons. The smallest absolute Gasteiger partial charge is 0.166 e. The third kappa shape index (κ3) is 4.24. The van der Waals surface area contributed by atoms with Crippen LogP contribution >= 0.6 is 0 Å². The largest absolute Gasteiger partial charge is 0.416 e. The van der Waals surface area contributed by atoms with Crippen molar-refractivity contribution in [3.63, 3.8) is 0 Å². The van der Waals surface area contributed by atoms with E-state index in [1.54, 1.807) is 6.07 Å². The maximum Gasteiger partial charge on any atom is 0.416 e. The molecule has 0 unspecified atom stereocenters. The van der Waals surface area contributed by atoms with Gasteiger partial charge in [0.25, 0.3) is 0 Å². The van der Waals surface area contributed by atoms with Crippen molar-refractivity contribution in [1.82, 2.24) is 0 Å². The Morgan fingerprint density at radius 2 is 0.818 bits per heavy atom. The standard InChI is InChI=1S/C41H25F3/c42-41(43,44)30-23-24-37-38(25-30)40(34-18-8-12-27-10-2-4-14-33(27)34)36-16-6-5-15-35(36)39(37)29-21-19-28(20-22-29)32-17-7-11-26-9-1-3-13-31(26)32/h1-25H. The van der Waals surface area contributed by atoms with E-state index in [0.29, 0.717) is 5.39 Å². The zero-order chi connectivity index (χ0) is 29.8. The molecule has 3 heteroatoms. The molecule has 0 radical (unpaired) electrons. The van der Waals surface area contributed by atoms with Gasteiger partial charge in [0.2, 0.25) is 0 Å². The summed E-state index contributed by atoms with van der Waals surface area (Å²) in [5.41, 5.74) is 5.20. The normalized spacial score (nSPS) is 12.0. The average Bonchev–Trinajstić information content (AvgIpc) is 3.06. The SMILES string of the molecule is FC(F)(F)c1ccc2c(-c3ccc(-c4cccc5ccccc45)cc3)c3ccccc3c(-c3cccc4ccccc34)c2c1. The predicted molar refractivity (Wildman–Crippen MR) is 178 cm³/mol. The van der Waals surface area contributed by atoms with Gasteiger partial charge in [0, 0.05) is 0 Å². The van der Waals surface area contributed by atoms with Crippen molar-refractivity contribution in [2.24, 2.45) is 0 Å².